The lowest BCUT2D eigenvalue weighted by Gasteiger charge is -2.11. The van der Waals surface area contributed by atoms with Crippen LogP contribution >= 0.6 is 0 Å². The van der Waals surface area contributed by atoms with Crippen molar-refractivity contribution in [2.24, 2.45) is 0 Å². The molecule has 0 aliphatic carbocycles. The Labute approximate surface area is 140 Å². The molecule has 0 spiro atoms. The topological polar surface area (TPSA) is 72.5 Å². The van der Waals surface area contributed by atoms with Crippen LogP contribution in [0.15, 0.2) is 48.5 Å². The van der Waals surface area contributed by atoms with Gasteiger partial charge in [0.15, 0.2) is 5.82 Å². The summed E-state index contributed by atoms with van der Waals surface area (Å²) < 4.78 is 45.1. The fourth-order valence-electron chi connectivity index (χ4n) is 2.06. The van der Waals surface area contributed by atoms with Gasteiger partial charge in [-0.25, -0.2) is 17.6 Å². The molecule has 0 atom stereocenters. The zero-order valence-corrected chi connectivity index (χ0v) is 14.0. The third-order valence-electron chi connectivity index (χ3n) is 3.17. The van der Waals surface area contributed by atoms with Crippen LogP contribution in [0.5, 0.6) is 0 Å². The molecular weight excluding hydrogens is 333 g/mol. The maximum Gasteiger partial charge on any atom is 0.341 e. The van der Waals surface area contributed by atoms with Crippen molar-refractivity contribution in [1.29, 1.82) is 0 Å². The van der Waals surface area contributed by atoms with Crippen LogP contribution in [0.2, 0.25) is 0 Å². The highest BCUT2D eigenvalue weighted by molar-refractivity contribution is 7.92. The van der Waals surface area contributed by atoms with E-state index < -0.39 is 21.8 Å². The predicted octanol–water partition coefficient (Wildman–Crippen LogP) is 3.33. The van der Waals surface area contributed by atoms with Gasteiger partial charge in [0.25, 0.3) is 0 Å². The Kier molecular flexibility index (Phi) is 5.92. The molecule has 0 bridgehead atoms. The summed E-state index contributed by atoms with van der Waals surface area (Å²) in [5.74, 6) is -1.93. The van der Waals surface area contributed by atoms with E-state index in [-0.39, 0.29) is 23.6 Å². The van der Waals surface area contributed by atoms with Crippen LogP contribution in [-0.4, -0.2) is 20.1 Å². The van der Waals surface area contributed by atoms with Gasteiger partial charge in [-0.3, -0.25) is 4.72 Å². The summed E-state index contributed by atoms with van der Waals surface area (Å²) >= 11 is 0. The van der Waals surface area contributed by atoms with Crippen LogP contribution in [0.3, 0.4) is 0 Å². The molecule has 0 radical (unpaired) electrons. The van der Waals surface area contributed by atoms with E-state index >= 15 is 0 Å². The monoisotopic (exact) mass is 351 g/mol. The molecule has 0 aliphatic rings. The van der Waals surface area contributed by atoms with Gasteiger partial charge >= 0.3 is 5.97 Å². The van der Waals surface area contributed by atoms with Gasteiger partial charge in [0, 0.05) is 0 Å². The Morgan fingerprint density at radius 1 is 1.12 bits per heavy atom. The first-order valence-electron chi connectivity index (χ1n) is 7.43. The van der Waals surface area contributed by atoms with E-state index in [1.165, 1.54) is 18.2 Å². The quantitative estimate of drug-likeness (QED) is 0.777. The molecule has 0 aromatic heterocycles. The van der Waals surface area contributed by atoms with Crippen molar-refractivity contribution >= 4 is 21.7 Å². The third kappa shape index (κ3) is 4.79. The molecule has 0 unspecified atom stereocenters. The molecule has 7 heteroatoms. The van der Waals surface area contributed by atoms with Crippen LogP contribution in [0.1, 0.15) is 29.3 Å². The molecule has 0 amide bonds. The second-order valence-electron chi connectivity index (χ2n) is 5.15. The smallest absolute Gasteiger partial charge is 0.341 e. The minimum absolute atomic E-state index is 0.00486. The predicted molar refractivity (Wildman–Crippen MR) is 89.7 cm³/mol. The summed E-state index contributed by atoms with van der Waals surface area (Å²) in [6, 6.07) is 12.9. The highest BCUT2D eigenvalue weighted by Gasteiger charge is 2.19. The number of ether oxygens (including phenoxy) is 1. The number of nitrogens with one attached hydrogen (secondary N) is 1. The van der Waals surface area contributed by atoms with E-state index in [9.17, 15) is 17.6 Å². The summed E-state index contributed by atoms with van der Waals surface area (Å²) in [5, 5.41) is 0. The van der Waals surface area contributed by atoms with Crippen molar-refractivity contribution in [3.63, 3.8) is 0 Å². The largest absolute Gasteiger partial charge is 0.457 e. The first kappa shape index (κ1) is 17.9. The maximum atomic E-state index is 14.4. The van der Waals surface area contributed by atoms with E-state index in [0.717, 1.165) is 5.56 Å². The molecule has 1 N–H and O–H groups in total. The highest BCUT2D eigenvalue weighted by atomic mass is 32.2. The Morgan fingerprint density at radius 2 is 1.83 bits per heavy atom. The molecule has 0 saturated heterocycles. The van der Waals surface area contributed by atoms with Crippen LogP contribution in [-0.2, 0) is 21.4 Å². The van der Waals surface area contributed by atoms with Crippen LogP contribution in [0.4, 0.5) is 10.1 Å². The van der Waals surface area contributed by atoms with Gasteiger partial charge in [0.05, 0.1) is 17.0 Å². The number of esters is 1. The lowest BCUT2D eigenvalue weighted by Crippen LogP contribution is -2.18. The molecule has 2 aromatic rings. The first-order valence-corrected chi connectivity index (χ1v) is 9.08. The van der Waals surface area contributed by atoms with Gasteiger partial charge in [0.1, 0.15) is 6.61 Å². The molecular formula is C17H18FNO4S. The van der Waals surface area contributed by atoms with Crippen molar-refractivity contribution in [1.82, 2.24) is 0 Å². The van der Waals surface area contributed by atoms with Gasteiger partial charge in [0.2, 0.25) is 10.0 Å². The minimum atomic E-state index is -3.65. The minimum Gasteiger partial charge on any atom is -0.457 e. The SMILES string of the molecule is CCCS(=O)(=O)Nc1cccc(C(=O)OCc2ccccc2)c1F. The molecule has 128 valence electrons. The van der Waals surface area contributed by atoms with Crippen molar-refractivity contribution < 1.29 is 22.3 Å². The summed E-state index contributed by atoms with van der Waals surface area (Å²) in [5.41, 5.74) is 0.186. The van der Waals surface area contributed by atoms with Gasteiger partial charge in [-0.1, -0.05) is 43.3 Å². The number of hydrogen-bond acceptors (Lipinski definition) is 4. The molecule has 0 heterocycles. The number of hydrogen-bond donors (Lipinski definition) is 1. The number of halogens is 1. The summed E-state index contributed by atoms with van der Waals surface area (Å²) in [7, 11) is -3.65. The molecule has 0 saturated carbocycles. The van der Waals surface area contributed by atoms with E-state index in [1.54, 1.807) is 31.2 Å². The van der Waals surface area contributed by atoms with Crippen LogP contribution in [0.25, 0.3) is 0 Å². The first-order chi connectivity index (χ1) is 11.4. The van der Waals surface area contributed by atoms with E-state index in [1.807, 2.05) is 6.07 Å². The number of benzene rings is 2. The fraction of sp³-hybridized carbons (Fsp3) is 0.235. The van der Waals surface area contributed by atoms with Gasteiger partial charge < -0.3 is 4.74 Å². The van der Waals surface area contributed by atoms with Crippen LogP contribution < -0.4 is 4.72 Å². The van der Waals surface area contributed by atoms with E-state index in [0.29, 0.717) is 6.42 Å². The number of rotatable bonds is 7. The van der Waals surface area contributed by atoms with E-state index in [2.05, 4.69) is 4.72 Å². The second-order valence-corrected chi connectivity index (χ2v) is 6.99. The molecule has 0 fully saturated rings. The number of carbonyl (C=O) groups excluding carboxylic acids is 1. The summed E-state index contributed by atoms with van der Waals surface area (Å²) in [6.07, 6.45) is 0.399. The van der Waals surface area contributed by atoms with Crippen LogP contribution in [0, 0.1) is 5.82 Å². The summed E-state index contributed by atoms with van der Waals surface area (Å²) in [6.45, 7) is 1.71. The van der Waals surface area contributed by atoms with E-state index in [4.69, 9.17) is 4.74 Å². The van der Waals surface area contributed by atoms with Gasteiger partial charge in [-0.15, -0.1) is 0 Å². The van der Waals surface area contributed by atoms with Crippen molar-refractivity contribution in [3.8, 4) is 0 Å². The lowest BCUT2D eigenvalue weighted by molar-refractivity contribution is 0.0467. The second kappa shape index (κ2) is 7.92. The Morgan fingerprint density at radius 3 is 2.50 bits per heavy atom. The molecule has 24 heavy (non-hydrogen) atoms. The third-order valence-corrected chi connectivity index (χ3v) is 4.65. The highest BCUT2D eigenvalue weighted by Crippen LogP contribution is 2.20. The number of carbonyl (C=O) groups is 1. The van der Waals surface area contributed by atoms with Crippen molar-refractivity contribution in [2.45, 2.75) is 20.0 Å². The normalized spacial score (nSPS) is 11.1. The molecule has 0 aliphatic heterocycles. The van der Waals surface area contributed by atoms with Crippen molar-refractivity contribution in [2.75, 3.05) is 10.5 Å². The molecule has 2 rings (SSSR count). The number of sulfonamides is 1. The zero-order chi connectivity index (χ0) is 17.6. The average Bonchev–Trinajstić information content (AvgIpc) is 2.55. The Bertz CT molecular complexity index is 807. The Hall–Kier alpha value is -2.41. The number of anilines is 1. The molecule has 2 aromatic carbocycles. The standard InChI is InChI=1S/C17H18FNO4S/c1-2-11-24(21,22)19-15-10-6-9-14(16(15)18)17(20)23-12-13-7-4-3-5-8-13/h3-10,19H,2,11-12H2,1H3. The van der Waals surface area contributed by atoms with Gasteiger partial charge in [-0.2, -0.15) is 0 Å². The lowest BCUT2D eigenvalue weighted by atomic mass is 10.2. The Balaban J connectivity index is 2.13. The fourth-order valence-corrected chi connectivity index (χ4v) is 3.19. The molecule has 5 nitrogen and oxygen atoms in total. The average molecular weight is 351 g/mol. The van der Waals surface area contributed by atoms with Gasteiger partial charge in [-0.05, 0) is 24.1 Å². The van der Waals surface area contributed by atoms with Crippen molar-refractivity contribution in [3.05, 3.63) is 65.5 Å². The maximum absolute atomic E-state index is 14.4. The summed E-state index contributed by atoms with van der Waals surface area (Å²) in [4.78, 5) is 12.0. The zero-order valence-electron chi connectivity index (χ0n) is 13.2.